The molecule has 0 saturated carbocycles. The standard InChI is InChI=1S/C23H23N9O/c24-16-28-23(30-19-3-1-9-26-15-19)29-18-7-5-17(6-8-18)21(25)31-22(20-4-2-10-27-20)32-11-13-33-14-12-32/h1-10,15,25,27H,11-14H2,(H2,28,29,30)/b25-21?,31-22+. The zero-order chi connectivity index (χ0) is 22.9. The lowest BCUT2D eigenvalue weighted by Gasteiger charge is -2.29. The zero-order valence-corrected chi connectivity index (χ0v) is 17.8. The molecule has 4 N–H and O–H groups in total. The van der Waals surface area contributed by atoms with Gasteiger partial charge in [0.2, 0.25) is 12.2 Å². The summed E-state index contributed by atoms with van der Waals surface area (Å²) in [6.07, 6.45) is 6.92. The molecule has 1 aliphatic heterocycles. The average Bonchev–Trinajstić information content (AvgIpc) is 3.39. The molecule has 1 saturated heterocycles. The van der Waals surface area contributed by atoms with Crippen LogP contribution in [0.15, 0.2) is 77.1 Å². The maximum atomic E-state index is 8.99. The molecule has 10 heteroatoms. The molecule has 0 spiro atoms. The van der Waals surface area contributed by atoms with E-state index in [4.69, 9.17) is 15.4 Å². The van der Waals surface area contributed by atoms with Gasteiger partial charge in [0.25, 0.3) is 0 Å². The number of aromatic amines is 1. The van der Waals surface area contributed by atoms with Crippen LogP contribution in [0.2, 0.25) is 0 Å². The van der Waals surface area contributed by atoms with Gasteiger partial charge >= 0.3 is 0 Å². The maximum Gasteiger partial charge on any atom is 0.216 e. The van der Waals surface area contributed by atoms with E-state index in [1.54, 1.807) is 48.9 Å². The molecule has 10 nitrogen and oxygen atoms in total. The number of benzene rings is 1. The van der Waals surface area contributed by atoms with Gasteiger partial charge in [0, 0.05) is 36.7 Å². The number of guanidine groups is 1. The highest BCUT2D eigenvalue weighted by Crippen LogP contribution is 2.14. The number of amidine groups is 2. The number of rotatable bonds is 4. The summed E-state index contributed by atoms with van der Waals surface area (Å²) in [5, 5.41) is 23.6. The van der Waals surface area contributed by atoms with Crippen LogP contribution < -0.4 is 10.6 Å². The van der Waals surface area contributed by atoms with E-state index in [9.17, 15) is 0 Å². The van der Waals surface area contributed by atoms with Crippen LogP contribution in [-0.2, 0) is 4.74 Å². The molecule has 0 aliphatic carbocycles. The van der Waals surface area contributed by atoms with Crippen molar-refractivity contribution in [3.05, 3.63) is 78.4 Å². The zero-order valence-electron chi connectivity index (χ0n) is 17.8. The normalized spacial score (nSPS) is 14.5. The minimum Gasteiger partial charge on any atom is -0.378 e. The number of aromatic nitrogens is 2. The second-order valence-corrected chi connectivity index (χ2v) is 7.10. The SMILES string of the molecule is N#C/N=C(\Nc1ccc(C(=N)/N=C(\c2ccc[nH]2)N2CCOCC2)cc1)Nc1cccnc1. The smallest absolute Gasteiger partial charge is 0.216 e. The van der Waals surface area contributed by atoms with Crippen molar-refractivity contribution in [1.29, 1.82) is 10.7 Å². The third-order valence-electron chi connectivity index (χ3n) is 4.87. The highest BCUT2D eigenvalue weighted by molar-refractivity contribution is 6.10. The van der Waals surface area contributed by atoms with Crippen molar-refractivity contribution in [3.63, 3.8) is 0 Å². The molecule has 0 bridgehead atoms. The van der Waals surface area contributed by atoms with E-state index >= 15 is 0 Å². The molecule has 1 fully saturated rings. The molecule has 0 atom stereocenters. The van der Waals surface area contributed by atoms with Crippen LogP contribution >= 0.6 is 0 Å². The fourth-order valence-electron chi connectivity index (χ4n) is 3.28. The van der Waals surface area contributed by atoms with Gasteiger partial charge in [0.15, 0.2) is 11.7 Å². The van der Waals surface area contributed by atoms with Gasteiger partial charge in [-0.25, -0.2) is 4.99 Å². The Balaban J connectivity index is 1.49. The molecular weight excluding hydrogens is 418 g/mol. The van der Waals surface area contributed by atoms with Crippen molar-refractivity contribution in [2.45, 2.75) is 0 Å². The number of hydrogen-bond acceptors (Lipinski definition) is 5. The summed E-state index contributed by atoms with van der Waals surface area (Å²) < 4.78 is 5.45. The van der Waals surface area contributed by atoms with Crippen molar-refractivity contribution in [2.24, 2.45) is 9.98 Å². The third kappa shape index (κ3) is 5.81. The topological polar surface area (TPSA) is 138 Å². The summed E-state index contributed by atoms with van der Waals surface area (Å²) in [6, 6.07) is 14.7. The lowest BCUT2D eigenvalue weighted by Crippen LogP contribution is -2.41. The van der Waals surface area contributed by atoms with Crippen molar-refractivity contribution >= 4 is 29.0 Å². The van der Waals surface area contributed by atoms with Crippen molar-refractivity contribution < 1.29 is 4.74 Å². The molecule has 3 heterocycles. The summed E-state index contributed by atoms with van der Waals surface area (Å²) in [7, 11) is 0. The number of nitrogens with zero attached hydrogens (tertiary/aromatic N) is 5. The van der Waals surface area contributed by atoms with Gasteiger partial charge in [-0.3, -0.25) is 10.4 Å². The number of anilines is 2. The van der Waals surface area contributed by atoms with Crippen LogP contribution in [0.4, 0.5) is 11.4 Å². The van der Waals surface area contributed by atoms with E-state index in [0.717, 1.165) is 24.6 Å². The third-order valence-corrected chi connectivity index (χ3v) is 4.87. The molecule has 0 unspecified atom stereocenters. The van der Waals surface area contributed by atoms with E-state index < -0.39 is 0 Å². The Labute approximate surface area is 191 Å². The van der Waals surface area contributed by atoms with Crippen LogP contribution in [0.1, 0.15) is 11.3 Å². The van der Waals surface area contributed by atoms with Gasteiger partial charge in [0.05, 0.1) is 30.8 Å². The monoisotopic (exact) mass is 441 g/mol. The minimum absolute atomic E-state index is 0.150. The predicted octanol–water partition coefficient (Wildman–Crippen LogP) is 2.88. The van der Waals surface area contributed by atoms with E-state index in [1.165, 1.54) is 0 Å². The van der Waals surface area contributed by atoms with Crippen LogP contribution in [0.25, 0.3) is 0 Å². The Hall–Kier alpha value is -4.49. The Morgan fingerprint density at radius 1 is 1.09 bits per heavy atom. The predicted molar refractivity (Wildman–Crippen MR) is 128 cm³/mol. The molecule has 166 valence electrons. The Bertz CT molecular complexity index is 1160. The summed E-state index contributed by atoms with van der Waals surface area (Å²) in [5.41, 5.74) is 2.93. The van der Waals surface area contributed by atoms with Crippen LogP contribution in [0.3, 0.4) is 0 Å². The number of morpholine rings is 1. The Morgan fingerprint density at radius 2 is 1.88 bits per heavy atom. The average molecular weight is 441 g/mol. The number of ether oxygens (including phenoxy) is 1. The number of nitrogens with one attached hydrogen (secondary N) is 4. The number of hydrogen-bond donors (Lipinski definition) is 4. The quantitative estimate of drug-likeness (QED) is 0.279. The first kappa shape index (κ1) is 21.7. The van der Waals surface area contributed by atoms with E-state index in [-0.39, 0.29) is 11.8 Å². The van der Waals surface area contributed by atoms with E-state index in [2.05, 4.69) is 35.5 Å². The Morgan fingerprint density at radius 3 is 2.55 bits per heavy atom. The van der Waals surface area contributed by atoms with Crippen molar-refractivity contribution in [1.82, 2.24) is 14.9 Å². The number of nitriles is 1. The molecule has 3 aromatic rings. The van der Waals surface area contributed by atoms with Crippen LogP contribution in [0, 0.1) is 16.9 Å². The number of pyridine rings is 1. The molecule has 0 radical (unpaired) electrons. The van der Waals surface area contributed by atoms with E-state index in [1.807, 2.05) is 24.4 Å². The fourth-order valence-corrected chi connectivity index (χ4v) is 3.28. The van der Waals surface area contributed by atoms with Crippen molar-refractivity contribution in [2.75, 3.05) is 36.9 Å². The van der Waals surface area contributed by atoms with Crippen LogP contribution in [0.5, 0.6) is 0 Å². The van der Waals surface area contributed by atoms with Gasteiger partial charge in [-0.1, -0.05) is 0 Å². The van der Waals surface area contributed by atoms with Gasteiger partial charge < -0.3 is 25.3 Å². The van der Waals surface area contributed by atoms with Gasteiger partial charge in [-0.05, 0) is 48.5 Å². The first-order chi connectivity index (χ1) is 16.2. The summed E-state index contributed by atoms with van der Waals surface area (Å²) >= 11 is 0. The highest BCUT2D eigenvalue weighted by Gasteiger charge is 2.18. The first-order valence-electron chi connectivity index (χ1n) is 10.4. The number of aliphatic imine (C=N–C) groups is 2. The number of H-pyrrole nitrogens is 1. The van der Waals surface area contributed by atoms with Gasteiger partial charge in [-0.15, -0.1) is 4.99 Å². The maximum absolute atomic E-state index is 8.99. The lowest BCUT2D eigenvalue weighted by atomic mass is 10.2. The molecule has 2 aromatic heterocycles. The van der Waals surface area contributed by atoms with Crippen LogP contribution in [-0.4, -0.2) is 58.8 Å². The largest absolute Gasteiger partial charge is 0.378 e. The summed E-state index contributed by atoms with van der Waals surface area (Å²) in [6.45, 7) is 2.71. The second-order valence-electron chi connectivity index (χ2n) is 7.10. The summed E-state index contributed by atoms with van der Waals surface area (Å²) in [4.78, 5) is 17.7. The lowest BCUT2D eigenvalue weighted by molar-refractivity contribution is 0.0682. The summed E-state index contributed by atoms with van der Waals surface area (Å²) in [5.74, 6) is 1.14. The molecule has 1 aromatic carbocycles. The van der Waals surface area contributed by atoms with Crippen molar-refractivity contribution in [3.8, 4) is 6.19 Å². The molecule has 4 rings (SSSR count). The molecule has 1 aliphatic rings. The Kier molecular flexibility index (Phi) is 7.05. The molecule has 0 amide bonds. The second kappa shape index (κ2) is 10.7. The first-order valence-corrected chi connectivity index (χ1v) is 10.4. The van der Waals surface area contributed by atoms with E-state index in [0.29, 0.717) is 30.2 Å². The molecule has 33 heavy (non-hydrogen) atoms. The van der Waals surface area contributed by atoms with Gasteiger partial charge in [0.1, 0.15) is 0 Å². The fraction of sp³-hybridized carbons (Fsp3) is 0.174. The highest BCUT2D eigenvalue weighted by atomic mass is 16.5. The van der Waals surface area contributed by atoms with Gasteiger partial charge in [-0.2, -0.15) is 5.26 Å². The minimum atomic E-state index is 0.150. The molecular formula is C23H23N9O.